The van der Waals surface area contributed by atoms with Crippen LogP contribution in [0, 0.1) is 5.82 Å². The average molecular weight is 269 g/mol. The smallest absolute Gasteiger partial charge is 0.268 e. The molecule has 0 radical (unpaired) electrons. The van der Waals surface area contributed by atoms with Gasteiger partial charge in [-0.3, -0.25) is 9.78 Å². The maximum absolute atomic E-state index is 13.6. The van der Waals surface area contributed by atoms with E-state index in [-0.39, 0.29) is 11.7 Å². The summed E-state index contributed by atoms with van der Waals surface area (Å²) >= 11 is 0. The first-order chi connectivity index (χ1) is 9.74. The molecule has 0 aliphatic carbocycles. The largest absolute Gasteiger partial charge is 0.350 e. The number of hydrogen-bond acceptors (Lipinski definition) is 2. The summed E-state index contributed by atoms with van der Waals surface area (Å²) in [6.07, 6.45) is 1.67. The number of carbonyl (C=O) groups is 1. The molecule has 5 heteroatoms. The second kappa shape index (κ2) is 5.13. The first-order valence-electron chi connectivity index (χ1n) is 6.19. The molecule has 1 amide bonds. The second-order valence-electron chi connectivity index (χ2n) is 4.39. The van der Waals surface area contributed by atoms with Crippen LogP contribution >= 0.6 is 0 Å². The number of benzene rings is 1. The molecule has 0 unspecified atom stereocenters. The van der Waals surface area contributed by atoms with Gasteiger partial charge in [-0.25, -0.2) is 4.39 Å². The van der Waals surface area contributed by atoms with E-state index in [2.05, 4.69) is 15.3 Å². The topological polar surface area (TPSA) is 57.8 Å². The number of nitrogens with zero attached hydrogens (tertiary/aromatic N) is 1. The summed E-state index contributed by atoms with van der Waals surface area (Å²) in [5.74, 6) is -0.631. The molecule has 0 bridgehead atoms. The zero-order valence-corrected chi connectivity index (χ0v) is 10.6. The second-order valence-corrected chi connectivity index (χ2v) is 4.39. The SMILES string of the molecule is O=C(NCc1ccccn1)c1cc2c(F)cccc2[nH]1. The highest BCUT2D eigenvalue weighted by atomic mass is 19.1. The van der Waals surface area contributed by atoms with E-state index in [1.807, 2.05) is 18.2 Å². The lowest BCUT2D eigenvalue weighted by Gasteiger charge is -2.02. The Morgan fingerprint density at radius 3 is 2.90 bits per heavy atom. The summed E-state index contributed by atoms with van der Waals surface area (Å²) < 4.78 is 13.6. The third-order valence-electron chi connectivity index (χ3n) is 3.01. The molecule has 0 atom stereocenters. The molecule has 0 fully saturated rings. The molecule has 0 spiro atoms. The zero-order valence-electron chi connectivity index (χ0n) is 10.6. The van der Waals surface area contributed by atoms with Gasteiger partial charge in [-0.05, 0) is 30.3 Å². The summed E-state index contributed by atoms with van der Waals surface area (Å²) in [6, 6.07) is 11.7. The Bertz CT molecular complexity index is 752. The Labute approximate surface area is 114 Å². The number of hydrogen-bond donors (Lipinski definition) is 2. The normalized spacial score (nSPS) is 10.7. The predicted octanol–water partition coefficient (Wildman–Crippen LogP) is 2.63. The van der Waals surface area contributed by atoms with Gasteiger partial charge < -0.3 is 10.3 Å². The van der Waals surface area contributed by atoms with Crippen LogP contribution in [0.5, 0.6) is 0 Å². The quantitative estimate of drug-likeness (QED) is 0.768. The van der Waals surface area contributed by atoms with Crippen molar-refractivity contribution >= 4 is 16.8 Å². The zero-order chi connectivity index (χ0) is 13.9. The van der Waals surface area contributed by atoms with Crippen molar-refractivity contribution in [3.05, 3.63) is 65.9 Å². The Balaban J connectivity index is 1.77. The Morgan fingerprint density at radius 2 is 2.15 bits per heavy atom. The highest BCUT2D eigenvalue weighted by molar-refractivity contribution is 5.98. The first kappa shape index (κ1) is 12.3. The van der Waals surface area contributed by atoms with Crippen molar-refractivity contribution in [3.63, 3.8) is 0 Å². The predicted molar refractivity (Wildman–Crippen MR) is 73.7 cm³/mol. The van der Waals surface area contributed by atoms with E-state index >= 15 is 0 Å². The summed E-state index contributed by atoms with van der Waals surface area (Å²) in [5, 5.41) is 3.15. The molecule has 0 saturated carbocycles. The van der Waals surface area contributed by atoms with Crippen LogP contribution in [-0.2, 0) is 6.54 Å². The minimum atomic E-state index is -0.345. The van der Waals surface area contributed by atoms with Crippen molar-refractivity contribution in [3.8, 4) is 0 Å². The van der Waals surface area contributed by atoms with Gasteiger partial charge in [0.05, 0.1) is 12.2 Å². The van der Waals surface area contributed by atoms with Gasteiger partial charge >= 0.3 is 0 Å². The van der Waals surface area contributed by atoms with Gasteiger partial charge in [-0.2, -0.15) is 0 Å². The van der Waals surface area contributed by atoms with Gasteiger partial charge in [0.1, 0.15) is 11.5 Å². The number of halogens is 1. The standard InChI is InChI=1S/C15H12FN3O/c16-12-5-3-6-13-11(12)8-14(19-13)15(20)18-9-10-4-1-2-7-17-10/h1-8,19H,9H2,(H,18,20). The van der Waals surface area contributed by atoms with Crippen molar-refractivity contribution in [2.24, 2.45) is 0 Å². The molecule has 0 aliphatic rings. The molecule has 2 heterocycles. The van der Waals surface area contributed by atoms with Gasteiger partial charge in [0, 0.05) is 17.1 Å². The van der Waals surface area contributed by atoms with Crippen molar-refractivity contribution < 1.29 is 9.18 Å². The number of pyridine rings is 1. The first-order valence-corrected chi connectivity index (χ1v) is 6.19. The lowest BCUT2D eigenvalue weighted by atomic mass is 10.2. The number of nitrogens with one attached hydrogen (secondary N) is 2. The van der Waals surface area contributed by atoms with Crippen LogP contribution in [0.15, 0.2) is 48.7 Å². The van der Waals surface area contributed by atoms with Crippen LogP contribution < -0.4 is 5.32 Å². The molecule has 0 aliphatic heterocycles. The highest BCUT2D eigenvalue weighted by Crippen LogP contribution is 2.18. The summed E-state index contributed by atoms with van der Waals surface area (Å²) in [7, 11) is 0. The molecule has 2 N–H and O–H groups in total. The van der Waals surface area contributed by atoms with E-state index in [9.17, 15) is 9.18 Å². The number of amides is 1. The van der Waals surface area contributed by atoms with Crippen LogP contribution in [-0.4, -0.2) is 15.9 Å². The Morgan fingerprint density at radius 1 is 1.25 bits per heavy atom. The minimum Gasteiger partial charge on any atom is -0.350 e. The molecule has 3 rings (SSSR count). The van der Waals surface area contributed by atoms with Crippen LogP contribution in [0.2, 0.25) is 0 Å². The lowest BCUT2D eigenvalue weighted by Crippen LogP contribution is -2.23. The molecular weight excluding hydrogens is 257 g/mol. The van der Waals surface area contributed by atoms with Gasteiger partial charge in [0.2, 0.25) is 0 Å². The molecule has 4 nitrogen and oxygen atoms in total. The van der Waals surface area contributed by atoms with E-state index < -0.39 is 0 Å². The summed E-state index contributed by atoms with van der Waals surface area (Å²) in [5.41, 5.74) is 1.71. The molecule has 0 saturated heterocycles. The van der Waals surface area contributed by atoms with Crippen molar-refractivity contribution in [1.82, 2.24) is 15.3 Å². The van der Waals surface area contributed by atoms with Crippen molar-refractivity contribution in [1.29, 1.82) is 0 Å². The molecule has 1 aromatic carbocycles. The van der Waals surface area contributed by atoms with Crippen LogP contribution in [0.3, 0.4) is 0 Å². The van der Waals surface area contributed by atoms with Gasteiger partial charge in [-0.15, -0.1) is 0 Å². The van der Waals surface area contributed by atoms with Crippen molar-refractivity contribution in [2.45, 2.75) is 6.54 Å². The summed E-state index contributed by atoms with van der Waals surface area (Å²) in [4.78, 5) is 19.0. The number of aromatic nitrogens is 2. The number of aromatic amines is 1. The maximum atomic E-state index is 13.6. The van der Waals surface area contributed by atoms with E-state index in [4.69, 9.17) is 0 Å². The van der Waals surface area contributed by atoms with Gasteiger partial charge in [0.15, 0.2) is 0 Å². The van der Waals surface area contributed by atoms with E-state index in [0.29, 0.717) is 23.1 Å². The Kier molecular flexibility index (Phi) is 3.16. The number of rotatable bonds is 3. The Hall–Kier alpha value is -2.69. The lowest BCUT2D eigenvalue weighted by molar-refractivity contribution is 0.0946. The fraction of sp³-hybridized carbons (Fsp3) is 0.0667. The molecule has 100 valence electrons. The molecule has 3 aromatic rings. The minimum absolute atomic E-state index is 0.286. The van der Waals surface area contributed by atoms with E-state index in [1.54, 1.807) is 18.3 Å². The number of carbonyl (C=O) groups excluding carboxylic acids is 1. The molecular formula is C15H12FN3O. The fourth-order valence-corrected chi connectivity index (χ4v) is 2.01. The fourth-order valence-electron chi connectivity index (χ4n) is 2.01. The highest BCUT2D eigenvalue weighted by Gasteiger charge is 2.11. The van der Waals surface area contributed by atoms with E-state index in [1.165, 1.54) is 12.1 Å². The maximum Gasteiger partial charge on any atom is 0.268 e. The molecule has 20 heavy (non-hydrogen) atoms. The monoisotopic (exact) mass is 269 g/mol. The third-order valence-corrected chi connectivity index (χ3v) is 3.01. The van der Waals surface area contributed by atoms with Gasteiger partial charge in [-0.1, -0.05) is 12.1 Å². The third kappa shape index (κ3) is 2.38. The molecule has 2 aromatic heterocycles. The van der Waals surface area contributed by atoms with Crippen LogP contribution in [0.1, 0.15) is 16.2 Å². The average Bonchev–Trinajstić information content (AvgIpc) is 2.91. The van der Waals surface area contributed by atoms with E-state index in [0.717, 1.165) is 5.69 Å². The summed E-state index contributed by atoms with van der Waals surface area (Å²) in [6.45, 7) is 0.331. The van der Waals surface area contributed by atoms with Crippen molar-refractivity contribution in [2.75, 3.05) is 0 Å². The number of fused-ring (bicyclic) bond motifs is 1. The van der Waals surface area contributed by atoms with Crippen LogP contribution in [0.4, 0.5) is 4.39 Å². The van der Waals surface area contributed by atoms with Crippen LogP contribution in [0.25, 0.3) is 10.9 Å². The number of H-pyrrole nitrogens is 1. The van der Waals surface area contributed by atoms with Gasteiger partial charge in [0.25, 0.3) is 5.91 Å².